The first-order chi connectivity index (χ1) is 14.3. The highest BCUT2D eigenvalue weighted by Gasteiger charge is 2.32. The van der Waals surface area contributed by atoms with Crippen molar-refractivity contribution in [1.82, 2.24) is 0 Å². The molecular formula is C27H34O3. The molecule has 0 saturated carbocycles. The Kier molecular flexibility index (Phi) is 6.70. The predicted molar refractivity (Wildman–Crippen MR) is 123 cm³/mol. The van der Waals surface area contributed by atoms with E-state index in [0.717, 1.165) is 36.1 Å². The van der Waals surface area contributed by atoms with Gasteiger partial charge in [0.2, 0.25) is 0 Å². The third kappa shape index (κ3) is 4.61. The zero-order chi connectivity index (χ0) is 21.9. The minimum Gasteiger partial charge on any atom is -0.497 e. The molecule has 0 fully saturated rings. The zero-order valence-corrected chi connectivity index (χ0v) is 19.1. The summed E-state index contributed by atoms with van der Waals surface area (Å²) < 4.78 is 11.4. The number of hydrogen-bond donors (Lipinski definition) is 0. The summed E-state index contributed by atoms with van der Waals surface area (Å²) in [6, 6.07) is 14.2. The van der Waals surface area contributed by atoms with Gasteiger partial charge in [0.15, 0.2) is 0 Å². The van der Waals surface area contributed by atoms with Gasteiger partial charge in [-0.05, 0) is 41.2 Å². The second kappa shape index (κ2) is 9.07. The van der Waals surface area contributed by atoms with Gasteiger partial charge in [-0.15, -0.1) is 0 Å². The van der Waals surface area contributed by atoms with E-state index >= 15 is 0 Å². The van der Waals surface area contributed by atoms with Crippen molar-refractivity contribution in [1.29, 1.82) is 0 Å². The number of hydrogen-bond acceptors (Lipinski definition) is 3. The molecule has 3 heteroatoms. The quantitative estimate of drug-likeness (QED) is 0.386. The van der Waals surface area contributed by atoms with E-state index in [-0.39, 0.29) is 23.2 Å². The number of benzene rings is 2. The van der Waals surface area contributed by atoms with Gasteiger partial charge >= 0.3 is 5.97 Å². The van der Waals surface area contributed by atoms with Gasteiger partial charge in [0.25, 0.3) is 0 Å². The molecule has 30 heavy (non-hydrogen) atoms. The van der Waals surface area contributed by atoms with Crippen LogP contribution >= 0.6 is 0 Å². The largest absolute Gasteiger partial charge is 0.497 e. The van der Waals surface area contributed by atoms with Crippen LogP contribution in [0.25, 0.3) is 0 Å². The third-order valence-electron chi connectivity index (χ3n) is 5.95. The maximum Gasteiger partial charge on any atom is 0.339 e. The van der Waals surface area contributed by atoms with E-state index < -0.39 is 0 Å². The number of methoxy groups -OCH3 is 1. The molecule has 3 rings (SSSR count). The Morgan fingerprint density at radius 3 is 2.40 bits per heavy atom. The molecule has 0 spiro atoms. The Labute approximate surface area is 181 Å². The fraction of sp³-hybridized carbons (Fsp3) is 0.444. The molecule has 0 bridgehead atoms. The van der Waals surface area contributed by atoms with Gasteiger partial charge in [0, 0.05) is 23.0 Å². The molecule has 3 nitrogen and oxygen atoms in total. The Hall–Kier alpha value is -2.55. The molecule has 0 radical (unpaired) electrons. The van der Waals surface area contributed by atoms with Crippen LogP contribution in [0.3, 0.4) is 0 Å². The maximum absolute atomic E-state index is 13.4. The lowest BCUT2D eigenvalue weighted by Gasteiger charge is -2.30. The van der Waals surface area contributed by atoms with Crippen molar-refractivity contribution in [3.63, 3.8) is 0 Å². The van der Waals surface area contributed by atoms with Gasteiger partial charge in [0.05, 0.1) is 7.11 Å². The number of allylic oxidation sites excluding steroid dienone is 1. The molecule has 0 heterocycles. The van der Waals surface area contributed by atoms with Crippen LogP contribution in [0.1, 0.15) is 82.4 Å². The maximum atomic E-state index is 13.4. The average molecular weight is 407 g/mol. The summed E-state index contributed by atoms with van der Waals surface area (Å²) in [5.74, 6) is 1.41. The van der Waals surface area contributed by atoms with Gasteiger partial charge in [-0.3, -0.25) is 0 Å². The zero-order valence-electron chi connectivity index (χ0n) is 19.1. The molecule has 2 aromatic carbocycles. The third-order valence-corrected chi connectivity index (χ3v) is 5.95. The number of ether oxygens (including phenoxy) is 2. The van der Waals surface area contributed by atoms with E-state index in [1.807, 2.05) is 18.2 Å². The Morgan fingerprint density at radius 1 is 1.07 bits per heavy atom. The Bertz CT molecular complexity index is 933. The van der Waals surface area contributed by atoms with Crippen molar-refractivity contribution in [2.75, 3.05) is 7.11 Å². The van der Waals surface area contributed by atoms with Crippen LogP contribution in [0, 0.1) is 0 Å². The molecular weight excluding hydrogens is 372 g/mol. The monoisotopic (exact) mass is 406 g/mol. The first-order valence-corrected chi connectivity index (χ1v) is 11.0. The van der Waals surface area contributed by atoms with E-state index in [2.05, 4.69) is 65.0 Å². The molecule has 1 aliphatic carbocycles. The van der Waals surface area contributed by atoms with Crippen LogP contribution in [0.2, 0.25) is 0 Å². The van der Waals surface area contributed by atoms with Crippen molar-refractivity contribution >= 4 is 5.97 Å². The van der Waals surface area contributed by atoms with Crippen LogP contribution in [-0.2, 0) is 10.2 Å². The molecule has 0 aromatic heterocycles. The van der Waals surface area contributed by atoms with Crippen LogP contribution in [0.5, 0.6) is 11.5 Å². The lowest BCUT2D eigenvalue weighted by molar-refractivity contribution is -0.130. The summed E-state index contributed by atoms with van der Waals surface area (Å²) in [7, 11) is 1.65. The van der Waals surface area contributed by atoms with Crippen LogP contribution in [0.15, 0.2) is 54.1 Å². The molecule has 1 aliphatic rings. The van der Waals surface area contributed by atoms with Crippen molar-refractivity contribution < 1.29 is 14.3 Å². The topological polar surface area (TPSA) is 35.5 Å². The summed E-state index contributed by atoms with van der Waals surface area (Å²) in [5.41, 5.74) is 4.15. The van der Waals surface area contributed by atoms with Crippen LogP contribution in [0.4, 0.5) is 0 Å². The molecule has 2 aromatic rings. The molecule has 2 atom stereocenters. The van der Waals surface area contributed by atoms with Crippen LogP contribution < -0.4 is 9.47 Å². The molecule has 160 valence electrons. The van der Waals surface area contributed by atoms with Gasteiger partial charge in [-0.1, -0.05) is 77.8 Å². The summed E-state index contributed by atoms with van der Waals surface area (Å²) >= 11 is 0. The molecule has 0 aliphatic heterocycles. The summed E-state index contributed by atoms with van der Waals surface area (Å²) in [6.07, 6.45) is 5.23. The highest BCUT2D eigenvalue weighted by Crippen LogP contribution is 2.42. The smallest absolute Gasteiger partial charge is 0.339 e. The molecule has 0 N–H and O–H groups in total. The van der Waals surface area contributed by atoms with E-state index in [0.29, 0.717) is 5.75 Å². The lowest BCUT2D eigenvalue weighted by Crippen LogP contribution is -2.24. The van der Waals surface area contributed by atoms with Crippen molar-refractivity contribution in [2.24, 2.45) is 0 Å². The van der Waals surface area contributed by atoms with E-state index in [1.54, 1.807) is 7.11 Å². The fourth-order valence-corrected chi connectivity index (χ4v) is 4.29. The van der Waals surface area contributed by atoms with Crippen molar-refractivity contribution in [2.45, 2.75) is 71.1 Å². The number of rotatable bonds is 6. The number of carbonyl (C=O) groups excluding carboxylic acids is 1. The van der Waals surface area contributed by atoms with E-state index in [9.17, 15) is 4.79 Å². The molecule has 0 amide bonds. The van der Waals surface area contributed by atoms with Crippen molar-refractivity contribution in [3.8, 4) is 11.5 Å². The minimum absolute atomic E-state index is 0.0844. The number of fused-ring (bicyclic) bond motifs is 1. The summed E-state index contributed by atoms with van der Waals surface area (Å²) in [5, 5.41) is 0. The predicted octanol–water partition coefficient (Wildman–Crippen LogP) is 6.92. The highest BCUT2D eigenvalue weighted by molar-refractivity contribution is 5.93. The second-order valence-electron chi connectivity index (χ2n) is 9.24. The normalized spacial score (nSPS) is 18.4. The molecule has 1 unspecified atom stereocenters. The Balaban J connectivity index is 1.96. The van der Waals surface area contributed by atoms with Gasteiger partial charge in [-0.25, -0.2) is 4.79 Å². The standard InChI is InChI=1S/C27H34O3/c1-7-8-11-22-21-13-10-9-12-20(21)18(2)16-23(22)26(28)30-25-15-14-19(29-6)17-24(25)27(3,4)5/h9-10,12-18,22H,7-8,11H2,1-6H3/t18?,22-/m1/s1. The fourth-order valence-electron chi connectivity index (χ4n) is 4.29. The van der Waals surface area contributed by atoms with E-state index in [1.165, 1.54) is 11.1 Å². The van der Waals surface area contributed by atoms with E-state index in [4.69, 9.17) is 9.47 Å². The minimum atomic E-state index is -0.242. The van der Waals surface area contributed by atoms with Gasteiger partial charge < -0.3 is 9.47 Å². The van der Waals surface area contributed by atoms with Crippen LogP contribution in [-0.4, -0.2) is 13.1 Å². The van der Waals surface area contributed by atoms with Gasteiger partial charge in [-0.2, -0.15) is 0 Å². The number of esters is 1. The summed E-state index contributed by atoms with van der Waals surface area (Å²) in [4.78, 5) is 13.4. The number of unbranched alkanes of at least 4 members (excludes halogenated alkanes) is 1. The molecule has 0 saturated heterocycles. The first-order valence-electron chi connectivity index (χ1n) is 11.0. The SMILES string of the molecule is CCCC[C@H]1C(C(=O)Oc2ccc(OC)cc2C(C)(C)C)=CC(C)c2ccccc21. The average Bonchev–Trinajstić information content (AvgIpc) is 2.72. The Morgan fingerprint density at radius 2 is 1.77 bits per heavy atom. The first kappa shape index (κ1) is 22.1. The number of carbonyl (C=O) groups is 1. The van der Waals surface area contributed by atoms with Crippen molar-refractivity contribution in [3.05, 3.63) is 70.8 Å². The lowest BCUT2D eigenvalue weighted by atomic mass is 9.75. The van der Waals surface area contributed by atoms with Gasteiger partial charge in [0.1, 0.15) is 11.5 Å². The second-order valence-corrected chi connectivity index (χ2v) is 9.24. The highest BCUT2D eigenvalue weighted by atomic mass is 16.5. The summed E-state index contributed by atoms with van der Waals surface area (Å²) in [6.45, 7) is 10.7.